The Bertz CT molecular complexity index is 207. The van der Waals surface area contributed by atoms with Gasteiger partial charge in [-0.3, -0.25) is 0 Å². The van der Waals surface area contributed by atoms with Crippen LogP contribution >= 0.6 is 0 Å². The van der Waals surface area contributed by atoms with Gasteiger partial charge in [-0.2, -0.15) is 0 Å². The molecule has 1 nitrogen and oxygen atoms in total. The molecule has 4 aliphatic rings. The highest BCUT2D eigenvalue weighted by Gasteiger charge is 2.42. The van der Waals surface area contributed by atoms with E-state index in [0.717, 1.165) is 18.4 Å². The zero-order valence-corrected chi connectivity index (χ0v) is 7.15. The fourth-order valence-corrected chi connectivity index (χ4v) is 2.88. The molecule has 2 heterocycles. The van der Waals surface area contributed by atoms with Crippen molar-refractivity contribution in [1.82, 2.24) is 0 Å². The summed E-state index contributed by atoms with van der Waals surface area (Å²) in [6, 6.07) is 0. The first-order valence-corrected chi connectivity index (χ1v) is 4.92. The van der Waals surface area contributed by atoms with E-state index in [0.29, 0.717) is 12.0 Å². The van der Waals surface area contributed by atoms with Crippen LogP contribution in [0.5, 0.6) is 0 Å². The van der Waals surface area contributed by atoms with Crippen LogP contribution in [0.4, 0.5) is 0 Å². The highest BCUT2D eigenvalue weighted by molar-refractivity contribution is 5.19. The first kappa shape index (κ1) is 6.90. The van der Waals surface area contributed by atoms with Gasteiger partial charge in [-0.25, -0.2) is 0 Å². The van der Waals surface area contributed by atoms with E-state index in [9.17, 15) is 0 Å². The van der Waals surface area contributed by atoms with Crippen LogP contribution in [-0.4, -0.2) is 12.7 Å². The van der Waals surface area contributed by atoms with Gasteiger partial charge in [-0.1, -0.05) is 24.3 Å². The molecule has 12 heavy (non-hydrogen) atoms. The van der Waals surface area contributed by atoms with Crippen LogP contribution in [0.1, 0.15) is 12.8 Å². The fourth-order valence-electron chi connectivity index (χ4n) is 2.88. The molecule has 4 rings (SSSR count). The molecule has 0 aromatic carbocycles. The Kier molecular flexibility index (Phi) is 1.42. The largest absolute Gasteiger partial charge is 0.377 e. The molecule has 0 aromatic rings. The minimum Gasteiger partial charge on any atom is -0.377 e. The number of hydrogen-bond acceptors (Lipinski definition) is 1. The molecule has 0 N–H and O–H groups in total. The normalized spacial score (nSPS) is 49.3. The fraction of sp³-hybridized carbons (Fsp3) is 0.636. The molecule has 0 amide bonds. The average molecular weight is 162 g/mol. The van der Waals surface area contributed by atoms with E-state index >= 15 is 0 Å². The molecule has 2 aliphatic heterocycles. The quantitative estimate of drug-likeness (QED) is 0.530. The van der Waals surface area contributed by atoms with Gasteiger partial charge in [0.2, 0.25) is 0 Å². The molecule has 0 radical (unpaired) electrons. The van der Waals surface area contributed by atoms with Crippen LogP contribution in [0, 0.1) is 17.8 Å². The van der Waals surface area contributed by atoms with Crippen molar-refractivity contribution in [2.75, 3.05) is 6.61 Å². The third kappa shape index (κ3) is 0.831. The molecule has 64 valence electrons. The minimum atomic E-state index is 0.529. The van der Waals surface area contributed by atoms with Gasteiger partial charge in [-0.15, -0.1) is 0 Å². The van der Waals surface area contributed by atoms with Crippen LogP contribution in [0.15, 0.2) is 24.3 Å². The van der Waals surface area contributed by atoms with Crippen LogP contribution in [0.3, 0.4) is 0 Å². The molecule has 4 atom stereocenters. The van der Waals surface area contributed by atoms with Crippen molar-refractivity contribution in [2.24, 2.45) is 17.8 Å². The van der Waals surface area contributed by atoms with E-state index < -0.39 is 0 Å². The molecule has 2 aliphatic carbocycles. The molecule has 1 saturated carbocycles. The Morgan fingerprint density at radius 1 is 1.00 bits per heavy atom. The van der Waals surface area contributed by atoms with Crippen molar-refractivity contribution in [3.05, 3.63) is 24.3 Å². The third-order valence-electron chi connectivity index (χ3n) is 3.54. The van der Waals surface area contributed by atoms with E-state index in [1.165, 1.54) is 12.8 Å². The molecule has 1 heteroatoms. The molecule has 0 spiro atoms. The predicted octanol–water partition coefficient (Wildman–Crippen LogP) is 2.15. The second-order valence-electron chi connectivity index (χ2n) is 4.13. The summed E-state index contributed by atoms with van der Waals surface area (Å²) in [4.78, 5) is 0. The average Bonchev–Trinajstić information content (AvgIpc) is 2.20. The standard InChI is InChI=1S/C11H14O/c1-2-4-10-9(3-1)8-5-6-11(10)12-7-8/h1-4,8-11H,5-7H2/t8?,9?,10?,11-/m0/s1. The van der Waals surface area contributed by atoms with Gasteiger partial charge in [0.1, 0.15) is 0 Å². The number of rotatable bonds is 0. The molecule has 2 saturated heterocycles. The Morgan fingerprint density at radius 2 is 1.83 bits per heavy atom. The first-order valence-electron chi connectivity index (χ1n) is 4.92. The maximum absolute atomic E-state index is 5.76. The van der Waals surface area contributed by atoms with Crippen LogP contribution in [0.25, 0.3) is 0 Å². The molecule has 0 aromatic heterocycles. The second-order valence-corrected chi connectivity index (χ2v) is 4.13. The summed E-state index contributed by atoms with van der Waals surface area (Å²) in [6.45, 7) is 1.00. The van der Waals surface area contributed by atoms with Gasteiger partial charge >= 0.3 is 0 Å². The van der Waals surface area contributed by atoms with Crippen molar-refractivity contribution in [3.8, 4) is 0 Å². The van der Waals surface area contributed by atoms with E-state index in [2.05, 4.69) is 24.3 Å². The summed E-state index contributed by atoms with van der Waals surface area (Å²) in [6.07, 6.45) is 12.3. The van der Waals surface area contributed by atoms with Crippen molar-refractivity contribution in [2.45, 2.75) is 18.9 Å². The van der Waals surface area contributed by atoms with Crippen molar-refractivity contribution < 1.29 is 4.74 Å². The predicted molar refractivity (Wildman–Crippen MR) is 47.7 cm³/mol. The van der Waals surface area contributed by atoms with Gasteiger partial charge in [0.05, 0.1) is 12.7 Å². The number of ether oxygens (including phenoxy) is 1. The van der Waals surface area contributed by atoms with E-state index in [-0.39, 0.29) is 0 Å². The van der Waals surface area contributed by atoms with E-state index in [1.54, 1.807) is 0 Å². The van der Waals surface area contributed by atoms with Gasteiger partial charge < -0.3 is 4.74 Å². The Morgan fingerprint density at radius 3 is 2.50 bits per heavy atom. The summed E-state index contributed by atoms with van der Waals surface area (Å²) < 4.78 is 5.76. The van der Waals surface area contributed by atoms with Crippen molar-refractivity contribution in [1.29, 1.82) is 0 Å². The summed E-state index contributed by atoms with van der Waals surface area (Å²) in [5.74, 6) is 2.30. The lowest BCUT2D eigenvalue weighted by molar-refractivity contribution is -0.109. The Balaban J connectivity index is 1.94. The lowest BCUT2D eigenvalue weighted by atomic mass is 9.67. The topological polar surface area (TPSA) is 9.23 Å². The highest BCUT2D eigenvalue weighted by Crippen LogP contribution is 2.44. The lowest BCUT2D eigenvalue weighted by Gasteiger charge is -2.47. The van der Waals surface area contributed by atoms with E-state index in [1.807, 2.05) is 0 Å². The van der Waals surface area contributed by atoms with Gasteiger partial charge in [0.15, 0.2) is 0 Å². The number of fused-ring (bicyclic) bond motifs is 2. The highest BCUT2D eigenvalue weighted by atomic mass is 16.5. The van der Waals surface area contributed by atoms with Crippen molar-refractivity contribution in [3.63, 3.8) is 0 Å². The van der Waals surface area contributed by atoms with Gasteiger partial charge in [0.25, 0.3) is 0 Å². The van der Waals surface area contributed by atoms with Crippen LogP contribution in [-0.2, 0) is 4.74 Å². The molecule has 2 bridgehead atoms. The Hall–Kier alpha value is -0.560. The SMILES string of the molecule is C1=CC2C3CC[C@H](OC3)C2C=C1. The number of allylic oxidation sites excluding steroid dienone is 3. The summed E-state index contributed by atoms with van der Waals surface area (Å²) >= 11 is 0. The number of hydrogen-bond donors (Lipinski definition) is 0. The minimum absolute atomic E-state index is 0.529. The Labute approximate surface area is 73.1 Å². The van der Waals surface area contributed by atoms with Gasteiger partial charge in [-0.05, 0) is 24.7 Å². The zero-order valence-electron chi connectivity index (χ0n) is 7.15. The maximum Gasteiger partial charge on any atom is 0.0643 e. The lowest BCUT2D eigenvalue weighted by Crippen LogP contribution is -2.46. The van der Waals surface area contributed by atoms with Crippen LogP contribution < -0.4 is 0 Å². The van der Waals surface area contributed by atoms with Crippen molar-refractivity contribution >= 4 is 0 Å². The monoisotopic (exact) mass is 162 g/mol. The maximum atomic E-state index is 5.76. The molecular formula is C11H14O. The summed E-state index contributed by atoms with van der Waals surface area (Å²) in [5.41, 5.74) is 0. The zero-order chi connectivity index (χ0) is 7.97. The smallest absolute Gasteiger partial charge is 0.0643 e. The molecule has 3 fully saturated rings. The molecule has 3 unspecified atom stereocenters. The summed E-state index contributed by atoms with van der Waals surface area (Å²) in [5, 5.41) is 0. The van der Waals surface area contributed by atoms with Crippen LogP contribution in [0.2, 0.25) is 0 Å². The van der Waals surface area contributed by atoms with E-state index in [4.69, 9.17) is 4.74 Å². The summed E-state index contributed by atoms with van der Waals surface area (Å²) in [7, 11) is 0. The second kappa shape index (κ2) is 2.46. The first-order chi connectivity index (χ1) is 5.95. The molecular weight excluding hydrogens is 148 g/mol. The third-order valence-corrected chi connectivity index (χ3v) is 3.54. The van der Waals surface area contributed by atoms with Gasteiger partial charge in [0, 0.05) is 5.92 Å².